The molecule has 4 aliphatic rings. The molecule has 2 fully saturated rings. The first-order chi connectivity index (χ1) is 11.3. The molecular weight excluding hydrogens is 298 g/mol. The summed E-state index contributed by atoms with van der Waals surface area (Å²) in [6, 6.07) is 0.448. The van der Waals surface area contributed by atoms with E-state index in [4.69, 9.17) is 5.10 Å². The fraction of sp³-hybridized carbons (Fsp3) is 0.700. The molecule has 1 N–H and O–H groups in total. The molecule has 4 heteroatoms. The Balaban J connectivity index is 1.62. The lowest BCUT2D eigenvalue weighted by atomic mass is 9.82. The van der Waals surface area contributed by atoms with Crippen molar-refractivity contribution in [3.8, 4) is 0 Å². The predicted molar refractivity (Wildman–Crippen MR) is 96.2 cm³/mol. The van der Waals surface area contributed by atoms with Crippen LogP contribution in [0.1, 0.15) is 59.8 Å². The topological polar surface area (TPSA) is 41.5 Å². The number of allylic oxidation sites excluding steroid dienone is 1. The van der Waals surface area contributed by atoms with Gasteiger partial charge in [0.15, 0.2) is 0 Å². The van der Waals surface area contributed by atoms with Crippen LogP contribution >= 0.6 is 0 Å². The Hall–Kier alpha value is -1.42. The van der Waals surface area contributed by atoms with Crippen molar-refractivity contribution in [2.75, 3.05) is 6.54 Å². The van der Waals surface area contributed by atoms with Gasteiger partial charge in [-0.3, -0.25) is 4.79 Å². The lowest BCUT2D eigenvalue weighted by Crippen LogP contribution is -2.55. The second-order valence-corrected chi connectivity index (χ2v) is 8.76. The lowest BCUT2D eigenvalue weighted by molar-refractivity contribution is -0.904. The SMILES string of the molecule is CC1=N[N+](CC2=C(C)CC(C)(C3CC3)NC2=O)(C(C)C2CC2)C=C1. The zero-order valence-electron chi connectivity index (χ0n) is 15.4. The minimum absolute atomic E-state index is 0.0301. The minimum atomic E-state index is -0.0301. The van der Waals surface area contributed by atoms with E-state index in [2.05, 4.69) is 45.3 Å². The molecular formula is C20H30N3O+. The van der Waals surface area contributed by atoms with E-state index in [0.29, 0.717) is 23.1 Å². The highest BCUT2D eigenvalue weighted by atomic mass is 16.2. The van der Waals surface area contributed by atoms with Gasteiger partial charge in [0.25, 0.3) is 5.91 Å². The molecule has 4 rings (SSSR count). The van der Waals surface area contributed by atoms with Crippen molar-refractivity contribution in [2.45, 2.75) is 71.4 Å². The van der Waals surface area contributed by atoms with Crippen molar-refractivity contribution < 1.29 is 9.39 Å². The van der Waals surface area contributed by atoms with Gasteiger partial charge in [-0.25, -0.2) is 0 Å². The molecule has 0 aromatic rings. The molecule has 0 aromatic heterocycles. The second-order valence-electron chi connectivity index (χ2n) is 8.76. The van der Waals surface area contributed by atoms with E-state index in [0.717, 1.165) is 23.6 Å². The van der Waals surface area contributed by atoms with E-state index in [-0.39, 0.29) is 11.4 Å². The van der Waals surface area contributed by atoms with Crippen LogP contribution in [0.25, 0.3) is 0 Å². The van der Waals surface area contributed by atoms with Crippen LogP contribution in [-0.2, 0) is 4.79 Å². The normalized spacial score (nSPS) is 37.5. The summed E-state index contributed by atoms with van der Waals surface area (Å²) >= 11 is 0. The van der Waals surface area contributed by atoms with Gasteiger partial charge in [-0.2, -0.15) is 4.59 Å². The van der Waals surface area contributed by atoms with Crippen molar-refractivity contribution in [2.24, 2.45) is 16.9 Å². The first-order valence-electron chi connectivity index (χ1n) is 9.48. The number of carbonyl (C=O) groups excluding carboxylic acids is 1. The van der Waals surface area contributed by atoms with Crippen LogP contribution in [0.2, 0.25) is 0 Å². The number of hydrogen-bond donors (Lipinski definition) is 1. The average Bonchev–Trinajstić information content (AvgIpc) is 3.40. The summed E-state index contributed by atoms with van der Waals surface area (Å²) in [5, 5.41) is 8.30. The highest BCUT2D eigenvalue weighted by Crippen LogP contribution is 2.46. The number of nitrogens with one attached hydrogen (secondary N) is 1. The molecule has 2 heterocycles. The Bertz CT molecular complexity index is 668. The van der Waals surface area contributed by atoms with E-state index in [1.807, 2.05) is 0 Å². The van der Waals surface area contributed by atoms with Crippen molar-refractivity contribution in [1.29, 1.82) is 0 Å². The van der Waals surface area contributed by atoms with Crippen LogP contribution in [0.15, 0.2) is 28.5 Å². The fourth-order valence-electron chi connectivity index (χ4n) is 4.66. The van der Waals surface area contributed by atoms with Crippen LogP contribution in [0.4, 0.5) is 0 Å². The zero-order valence-corrected chi connectivity index (χ0v) is 15.4. The van der Waals surface area contributed by atoms with E-state index >= 15 is 0 Å². The maximum Gasteiger partial charge on any atom is 0.253 e. The molecule has 0 saturated heterocycles. The van der Waals surface area contributed by atoms with Crippen molar-refractivity contribution in [1.82, 2.24) is 5.32 Å². The van der Waals surface area contributed by atoms with Gasteiger partial charge >= 0.3 is 0 Å². The zero-order chi connectivity index (χ0) is 17.1. The third kappa shape index (κ3) is 2.65. The Labute approximate surface area is 145 Å². The smallest absolute Gasteiger partial charge is 0.253 e. The van der Waals surface area contributed by atoms with Crippen LogP contribution < -0.4 is 5.32 Å². The molecule has 2 saturated carbocycles. The standard InChI is InChI=1S/C20H29N3O/c1-13-11-20(4,17-7-8-17)21-19(24)18(13)12-23(10-9-14(2)22-23)15(3)16-5-6-16/h9-10,15-17H,5-8,11-12H2,1-4H3/p+1. The summed E-state index contributed by atoms with van der Waals surface area (Å²) in [6.07, 6.45) is 10.4. The van der Waals surface area contributed by atoms with E-state index in [9.17, 15) is 4.79 Å². The quantitative estimate of drug-likeness (QED) is 0.771. The monoisotopic (exact) mass is 328 g/mol. The fourth-order valence-corrected chi connectivity index (χ4v) is 4.66. The molecule has 3 atom stereocenters. The van der Waals surface area contributed by atoms with Gasteiger partial charge in [0.2, 0.25) is 0 Å². The Kier molecular flexibility index (Phi) is 3.54. The molecule has 1 amide bonds. The third-order valence-electron chi connectivity index (χ3n) is 6.64. The highest BCUT2D eigenvalue weighted by Gasteiger charge is 2.49. The maximum atomic E-state index is 12.9. The Morgan fingerprint density at radius 1 is 1.33 bits per heavy atom. The first-order valence-corrected chi connectivity index (χ1v) is 9.48. The molecule has 2 aliphatic heterocycles. The number of amides is 1. The largest absolute Gasteiger partial charge is 0.346 e. The molecule has 0 radical (unpaired) electrons. The van der Waals surface area contributed by atoms with Gasteiger partial charge in [0.05, 0.1) is 11.3 Å². The van der Waals surface area contributed by atoms with E-state index in [1.54, 1.807) is 0 Å². The van der Waals surface area contributed by atoms with Crippen molar-refractivity contribution in [3.63, 3.8) is 0 Å². The van der Waals surface area contributed by atoms with Crippen LogP contribution in [-0.4, -0.2) is 34.3 Å². The number of quaternary nitrogens is 1. The van der Waals surface area contributed by atoms with Crippen molar-refractivity contribution >= 4 is 11.6 Å². The lowest BCUT2D eigenvalue weighted by Gasteiger charge is -2.39. The van der Waals surface area contributed by atoms with Crippen molar-refractivity contribution in [3.05, 3.63) is 23.4 Å². The summed E-state index contributed by atoms with van der Waals surface area (Å²) in [6.45, 7) is 9.43. The minimum Gasteiger partial charge on any atom is -0.346 e. The summed E-state index contributed by atoms with van der Waals surface area (Å²) in [4.78, 5) is 12.9. The van der Waals surface area contributed by atoms with E-state index in [1.165, 1.54) is 31.3 Å². The molecule has 0 bridgehead atoms. The van der Waals surface area contributed by atoms with Crippen LogP contribution in [0.3, 0.4) is 0 Å². The van der Waals surface area contributed by atoms with Crippen LogP contribution in [0, 0.1) is 11.8 Å². The third-order valence-corrected chi connectivity index (χ3v) is 6.64. The number of carbonyl (C=O) groups is 1. The Morgan fingerprint density at radius 2 is 2.04 bits per heavy atom. The number of nitrogens with zero attached hydrogens (tertiary/aromatic N) is 2. The van der Waals surface area contributed by atoms with Gasteiger partial charge in [0, 0.05) is 17.5 Å². The van der Waals surface area contributed by atoms with E-state index < -0.39 is 0 Å². The molecule has 3 unspecified atom stereocenters. The molecule has 24 heavy (non-hydrogen) atoms. The predicted octanol–water partition coefficient (Wildman–Crippen LogP) is 3.51. The van der Waals surface area contributed by atoms with Gasteiger partial charge < -0.3 is 5.32 Å². The first kappa shape index (κ1) is 16.1. The summed E-state index contributed by atoms with van der Waals surface area (Å²) in [5.74, 6) is 1.55. The van der Waals surface area contributed by atoms with Gasteiger partial charge in [0.1, 0.15) is 18.8 Å². The number of hydrogen-bond acceptors (Lipinski definition) is 2. The average molecular weight is 328 g/mol. The Morgan fingerprint density at radius 3 is 2.54 bits per heavy atom. The van der Waals surface area contributed by atoms with Gasteiger partial charge in [-0.05, 0) is 65.7 Å². The molecule has 130 valence electrons. The summed E-state index contributed by atoms with van der Waals surface area (Å²) in [7, 11) is 0. The maximum absolute atomic E-state index is 12.9. The molecule has 4 nitrogen and oxygen atoms in total. The van der Waals surface area contributed by atoms with Gasteiger partial charge in [-0.1, -0.05) is 10.7 Å². The van der Waals surface area contributed by atoms with Gasteiger partial charge in [-0.15, -0.1) is 0 Å². The summed E-state index contributed by atoms with van der Waals surface area (Å²) in [5.41, 5.74) is 3.27. The molecule has 0 aromatic carbocycles. The summed E-state index contributed by atoms with van der Waals surface area (Å²) < 4.78 is 0.580. The number of rotatable bonds is 5. The molecule has 0 spiro atoms. The highest BCUT2D eigenvalue weighted by molar-refractivity contribution is 5.96. The second kappa shape index (κ2) is 5.29. The van der Waals surface area contributed by atoms with Crippen LogP contribution in [0.5, 0.6) is 0 Å². The molecule has 2 aliphatic carbocycles.